The van der Waals surface area contributed by atoms with Crippen molar-refractivity contribution in [1.29, 1.82) is 0 Å². The summed E-state index contributed by atoms with van der Waals surface area (Å²) >= 11 is 0. The summed E-state index contributed by atoms with van der Waals surface area (Å²) in [6.45, 7) is 7.00. The van der Waals surface area contributed by atoms with Crippen LogP contribution in [0.25, 0.3) is 0 Å². The summed E-state index contributed by atoms with van der Waals surface area (Å²) in [5, 5.41) is 0. The third-order valence-corrected chi connectivity index (χ3v) is 3.03. The molecule has 0 heteroatoms. The van der Waals surface area contributed by atoms with Crippen molar-refractivity contribution < 1.29 is 0 Å². The zero-order chi connectivity index (χ0) is 8.27. The predicted molar refractivity (Wildman–Crippen MR) is 50.6 cm³/mol. The lowest BCUT2D eigenvalue weighted by molar-refractivity contribution is 0.336. The van der Waals surface area contributed by atoms with Crippen molar-refractivity contribution >= 4 is 0 Å². The average Bonchev–Trinajstić information content (AvgIpc) is 2.13. The van der Waals surface area contributed by atoms with Gasteiger partial charge in [-0.05, 0) is 38.0 Å². The van der Waals surface area contributed by atoms with Gasteiger partial charge in [-0.2, -0.15) is 0 Å². The number of hydrogen-bond acceptors (Lipinski definition) is 0. The Morgan fingerprint density at radius 3 is 2.91 bits per heavy atom. The Hall–Kier alpha value is -0.260. The highest BCUT2D eigenvalue weighted by Gasteiger charge is 2.17. The Kier molecular flexibility index (Phi) is 3.16. The van der Waals surface area contributed by atoms with Gasteiger partial charge in [0.05, 0.1) is 0 Å². The van der Waals surface area contributed by atoms with Gasteiger partial charge >= 0.3 is 0 Å². The van der Waals surface area contributed by atoms with E-state index in [1.807, 2.05) is 0 Å². The summed E-state index contributed by atoms with van der Waals surface area (Å²) in [5.74, 6) is 1.89. The molecule has 0 N–H and O–H groups in total. The van der Waals surface area contributed by atoms with Gasteiger partial charge < -0.3 is 0 Å². The summed E-state index contributed by atoms with van der Waals surface area (Å²) in [6, 6.07) is 0. The highest BCUT2D eigenvalue weighted by molar-refractivity contribution is 5.02. The summed E-state index contributed by atoms with van der Waals surface area (Å²) < 4.78 is 0. The van der Waals surface area contributed by atoms with E-state index >= 15 is 0 Å². The van der Waals surface area contributed by atoms with Crippen LogP contribution in [0.4, 0.5) is 0 Å². The van der Waals surface area contributed by atoms with Crippen molar-refractivity contribution in [3.05, 3.63) is 11.6 Å². The number of rotatable bonds is 1. The lowest BCUT2D eigenvalue weighted by Crippen LogP contribution is -2.09. The first-order valence-corrected chi connectivity index (χ1v) is 4.89. The molecular weight excluding hydrogens is 132 g/mol. The van der Waals surface area contributed by atoms with Gasteiger partial charge in [0.15, 0.2) is 0 Å². The normalized spacial score (nSPS) is 32.8. The van der Waals surface area contributed by atoms with Crippen LogP contribution in [-0.2, 0) is 0 Å². The lowest BCUT2D eigenvalue weighted by Gasteiger charge is -2.19. The monoisotopic (exact) mass is 152 g/mol. The Morgan fingerprint density at radius 1 is 1.55 bits per heavy atom. The minimum absolute atomic E-state index is 0.939. The molecule has 1 rings (SSSR count). The van der Waals surface area contributed by atoms with Crippen LogP contribution in [0.15, 0.2) is 11.6 Å². The van der Waals surface area contributed by atoms with Gasteiger partial charge in [0, 0.05) is 0 Å². The van der Waals surface area contributed by atoms with E-state index < -0.39 is 0 Å². The molecule has 2 atom stereocenters. The molecule has 0 fully saturated rings. The molecule has 64 valence electrons. The molecule has 0 aromatic rings. The molecule has 11 heavy (non-hydrogen) atoms. The molecule has 0 nitrogen and oxygen atoms in total. The minimum Gasteiger partial charge on any atom is -0.0856 e. The van der Waals surface area contributed by atoms with Crippen LogP contribution in [0.5, 0.6) is 0 Å². The summed E-state index contributed by atoms with van der Waals surface area (Å²) in [7, 11) is 0. The van der Waals surface area contributed by atoms with E-state index in [9.17, 15) is 0 Å². The fraction of sp³-hybridized carbons (Fsp3) is 0.818. The maximum absolute atomic E-state index is 2.42. The topological polar surface area (TPSA) is 0 Å². The van der Waals surface area contributed by atoms with Crippen LogP contribution in [0.1, 0.15) is 46.5 Å². The van der Waals surface area contributed by atoms with Gasteiger partial charge in [-0.3, -0.25) is 0 Å². The van der Waals surface area contributed by atoms with Gasteiger partial charge in [0.1, 0.15) is 0 Å². The highest BCUT2D eigenvalue weighted by atomic mass is 14.2. The molecule has 0 heterocycles. The second-order valence-electron chi connectivity index (χ2n) is 3.98. The first-order chi connectivity index (χ1) is 5.24. The van der Waals surface area contributed by atoms with Crippen LogP contribution in [0.2, 0.25) is 0 Å². The molecule has 0 aliphatic heterocycles. The Balaban J connectivity index is 2.55. The smallest absolute Gasteiger partial charge is 0.0292 e. The highest BCUT2D eigenvalue weighted by Crippen LogP contribution is 2.30. The van der Waals surface area contributed by atoms with Crippen LogP contribution in [-0.4, -0.2) is 0 Å². The van der Waals surface area contributed by atoms with E-state index in [0.717, 1.165) is 11.8 Å². The van der Waals surface area contributed by atoms with Crippen molar-refractivity contribution in [2.75, 3.05) is 0 Å². The Labute approximate surface area is 70.7 Å². The Morgan fingerprint density at radius 2 is 2.27 bits per heavy atom. The van der Waals surface area contributed by atoms with E-state index in [1.54, 1.807) is 5.57 Å². The van der Waals surface area contributed by atoms with Crippen molar-refractivity contribution in [3.63, 3.8) is 0 Å². The van der Waals surface area contributed by atoms with Crippen molar-refractivity contribution in [2.24, 2.45) is 11.8 Å². The largest absolute Gasteiger partial charge is 0.0856 e. The van der Waals surface area contributed by atoms with Gasteiger partial charge in [-0.25, -0.2) is 0 Å². The fourth-order valence-corrected chi connectivity index (χ4v) is 2.07. The van der Waals surface area contributed by atoms with Crippen molar-refractivity contribution in [1.82, 2.24) is 0 Å². The maximum atomic E-state index is 2.42. The van der Waals surface area contributed by atoms with E-state index in [0.29, 0.717) is 0 Å². The molecule has 0 saturated carbocycles. The molecule has 0 aromatic carbocycles. The molecule has 1 aliphatic carbocycles. The number of allylic oxidation sites excluding steroid dienone is 2. The molecule has 0 aromatic heterocycles. The van der Waals surface area contributed by atoms with E-state index in [4.69, 9.17) is 0 Å². The SMILES string of the molecule is CCC1CC(C)=CCCC1C. The molecule has 0 radical (unpaired) electrons. The fourth-order valence-electron chi connectivity index (χ4n) is 2.07. The number of hydrogen-bond donors (Lipinski definition) is 0. The van der Waals surface area contributed by atoms with Crippen molar-refractivity contribution in [3.8, 4) is 0 Å². The molecule has 0 spiro atoms. The maximum Gasteiger partial charge on any atom is -0.0292 e. The quantitative estimate of drug-likeness (QED) is 0.502. The zero-order valence-corrected chi connectivity index (χ0v) is 8.06. The van der Waals surface area contributed by atoms with E-state index in [2.05, 4.69) is 26.8 Å². The summed E-state index contributed by atoms with van der Waals surface area (Å²) in [5.41, 5.74) is 1.61. The third kappa shape index (κ3) is 2.36. The van der Waals surface area contributed by atoms with Crippen LogP contribution >= 0.6 is 0 Å². The predicted octanol–water partition coefficient (Wildman–Crippen LogP) is 3.78. The summed E-state index contributed by atoms with van der Waals surface area (Å²) in [6.07, 6.45) is 7.83. The average molecular weight is 152 g/mol. The molecule has 0 amide bonds. The standard InChI is InChI=1S/C11H20/c1-4-11-8-9(2)6-5-7-10(11)3/h6,10-11H,4-5,7-8H2,1-3H3. The minimum atomic E-state index is 0.939. The molecular formula is C11H20. The van der Waals surface area contributed by atoms with Gasteiger partial charge in [-0.1, -0.05) is 31.9 Å². The first kappa shape index (κ1) is 8.83. The molecule has 1 aliphatic rings. The van der Waals surface area contributed by atoms with Crippen LogP contribution in [0.3, 0.4) is 0 Å². The third-order valence-electron chi connectivity index (χ3n) is 3.03. The van der Waals surface area contributed by atoms with Crippen molar-refractivity contribution in [2.45, 2.75) is 46.5 Å². The zero-order valence-electron chi connectivity index (χ0n) is 8.06. The molecule has 2 unspecified atom stereocenters. The van der Waals surface area contributed by atoms with E-state index in [-0.39, 0.29) is 0 Å². The van der Waals surface area contributed by atoms with E-state index in [1.165, 1.54) is 25.7 Å². The van der Waals surface area contributed by atoms with Crippen LogP contribution < -0.4 is 0 Å². The molecule has 0 bridgehead atoms. The second kappa shape index (κ2) is 3.94. The summed E-state index contributed by atoms with van der Waals surface area (Å²) in [4.78, 5) is 0. The first-order valence-electron chi connectivity index (χ1n) is 4.89. The van der Waals surface area contributed by atoms with Crippen LogP contribution in [0, 0.1) is 11.8 Å². The molecule has 0 saturated heterocycles. The second-order valence-corrected chi connectivity index (χ2v) is 3.98. The lowest BCUT2D eigenvalue weighted by atomic mass is 9.86. The van der Waals surface area contributed by atoms with Gasteiger partial charge in [-0.15, -0.1) is 0 Å². The van der Waals surface area contributed by atoms with Gasteiger partial charge in [0.2, 0.25) is 0 Å². The Bertz CT molecular complexity index is 144. The van der Waals surface area contributed by atoms with Gasteiger partial charge in [0.25, 0.3) is 0 Å².